The molecule has 2 aromatic carbocycles. The van der Waals surface area contributed by atoms with Crippen LogP contribution in [0.4, 0.5) is 13.2 Å². The van der Waals surface area contributed by atoms with Crippen molar-refractivity contribution in [2.75, 3.05) is 13.3 Å². The summed E-state index contributed by atoms with van der Waals surface area (Å²) in [6, 6.07) is 9.06. The summed E-state index contributed by atoms with van der Waals surface area (Å²) in [6.45, 7) is -2.36. The summed E-state index contributed by atoms with van der Waals surface area (Å²) in [5, 5.41) is -0.0458. The van der Waals surface area contributed by atoms with Crippen molar-refractivity contribution in [1.29, 1.82) is 0 Å². The van der Waals surface area contributed by atoms with E-state index in [9.17, 15) is 22.8 Å². The monoisotopic (exact) mass is 442 g/mol. The first kappa shape index (κ1) is 21.3. The Kier molecular flexibility index (Phi) is 6.02. The zero-order valence-corrected chi connectivity index (χ0v) is 16.6. The molecule has 4 rings (SSSR count). The van der Waals surface area contributed by atoms with Gasteiger partial charge in [-0.05, 0) is 17.2 Å². The highest BCUT2D eigenvalue weighted by molar-refractivity contribution is 5.79. The Bertz CT molecular complexity index is 1350. The largest absolute Gasteiger partial charge is 0.482 e. The fraction of sp³-hybridized carbons (Fsp3) is 0.182. The van der Waals surface area contributed by atoms with Gasteiger partial charge in [-0.3, -0.25) is 9.36 Å². The summed E-state index contributed by atoms with van der Waals surface area (Å²) < 4.78 is 45.7. The van der Waals surface area contributed by atoms with Crippen molar-refractivity contribution in [2.24, 2.45) is 0 Å². The van der Waals surface area contributed by atoms with Gasteiger partial charge >= 0.3 is 5.69 Å². The van der Waals surface area contributed by atoms with Gasteiger partial charge in [-0.1, -0.05) is 24.3 Å². The molecule has 2 heterocycles. The number of hydrogen-bond acceptors (Lipinski definition) is 5. The van der Waals surface area contributed by atoms with Crippen LogP contribution in [-0.4, -0.2) is 39.0 Å². The maximum absolute atomic E-state index is 14.2. The number of rotatable bonds is 7. The molecule has 0 aliphatic rings. The lowest BCUT2D eigenvalue weighted by atomic mass is 10.1. The molecule has 4 aromatic rings. The fourth-order valence-electron chi connectivity index (χ4n) is 3.21. The molecule has 164 valence electrons. The first-order chi connectivity index (χ1) is 15.5. The van der Waals surface area contributed by atoms with Gasteiger partial charge in [0.1, 0.15) is 19.7 Å². The minimum Gasteiger partial charge on any atom is -0.482 e. The molecule has 0 saturated carbocycles. The summed E-state index contributed by atoms with van der Waals surface area (Å²) in [7, 11) is 0. The lowest BCUT2D eigenvalue weighted by molar-refractivity contribution is 0.129. The van der Waals surface area contributed by atoms with E-state index in [1.54, 1.807) is 24.5 Å². The molecule has 0 amide bonds. The van der Waals surface area contributed by atoms with Crippen LogP contribution < -0.4 is 16.0 Å². The van der Waals surface area contributed by atoms with Crippen molar-refractivity contribution in [3.63, 3.8) is 0 Å². The standard InChI is InChI=1S/C22H17F3N4O3/c23-7-16(8-24)32-20-5-17-19(6-18(20)25)28-22(31)29(21(17)30)11-13-1-3-14(4-2-13)15-9-26-12-27-10-15/h1-6,9-10,12,16H,7-8,11H2,(H,28,31). The summed E-state index contributed by atoms with van der Waals surface area (Å²) in [5.41, 5.74) is 0.896. The van der Waals surface area contributed by atoms with Crippen LogP contribution in [0, 0.1) is 5.82 Å². The highest BCUT2D eigenvalue weighted by Gasteiger charge is 2.17. The third-order valence-electron chi connectivity index (χ3n) is 4.86. The summed E-state index contributed by atoms with van der Waals surface area (Å²) >= 11 is 0. The van der Waals surface area contributed by atoms with E-state index in [0.717, 1.165) is 27.8 Å². The fourth-order valence-corrected chi connectivity index (χ4v) is 3.21. The molecular weight excluding hydrogens is 425 g/mol. The van der Waals surface area contributed by atoms with E-state index in [0.29, 0.717) is 5.56 Å². The Morgan fingerprint density at radius 2 is 1.69 bits per heavy atom. The van der Waals surface area contributed by atoms with Gasteiger partial charge in [0.25, 0.3) is 5.56 Å². The Balaban J connectivity index is 1.69. The molecule has 32 heavy (non-hydrogen) atoms. The first-order valence-corrected chi connectivity index (χ1v) is 9.59. The van der Waals surface area contributed by atoms with Crippen LogP contribution in [0.3, 0.4) is 0 Å². The molecule has 7 nitrogen and oxygen atoms in total. The zero-order valence-electron chi connectivity index (χ0n) is 16.6. The van der Waals surface area contributed by atoms with E-state index in [4.69, 9.17) is 4.74 Å². The van der Waals surface area contributed by atoms with Gasteiger partial charge in [0.2, 0.25) is 0 Å². The van der Waals surface area contributed by atoms with Crippen molar-refractivity contribution in [3.8, 4) is 16.9 Å². The average Bonchev–Trinajstić information content (AvgIpc) is 2.82. The van der Waals surface area contributed by atoms with Crippen molar-refractivity contribution < 1.29 is 17.9 Å². The van der Waals surface area contributed by atoms with Crippen LogP contribution in [0.25, 0.3) is 22.0 Å². The van der Waals surface area contributed by atoms with Gasteiger partial charge in [0.05, 0.1) is 17.4 Å². The predicted molar refractivity (Wildman–Crippen MR) is 112 cm³/mol. The van der Waals surface area contributed by atoms with E-state index < -0.39 is 42.3 Å². The first-order valence-electron chi connectivity index (χ1n) is 9.59. The number of halogens is 3. The van der Waals surface area contributed by atoms with Crippen molar-refractivity contribution in [3.05, 3.63) is 87.3 Å². The lowest BCUT2D eigenvalue weighted by Gasteiger charge is -2.14. The molecule has 0 aliphatic heterocycles. The molecule has 0 bridgehead atoms. The Hall–Kier alpha value is -3.95. The Labute approximate surface area is 179 Å². The summed E-state index contributed by atoms with van der Waals surface area (Å²) in [5.74, 6) is -1.42. The van der Waals surface area contributed by atoms with Gasteiger partial charge < -0.3 is 9.72 Å². The van der Waals surface area contributed by atoms with Gasteiger partial charge in [-0.2, -0.15) is 0 Å². The van der Waals surface area contributed by atoms with E-state index in [1.807, 2.05) is 12.1 Å². The smallest absolute Gasteiger partial charge is 0.329 e. The van der Waals surface area contributed by atoms with Crippen LogP contribution in [0.2, 0.25) is 0 Å². The third kappa shape index (κ3) is 4.25. The lowest BCUT2D eigenvalue weighted by Crippen LogP contribution is -2.35. The molecule has 0 radical (unpaired) electrons. The maximum Gasteiger partial charge on any atom is 0.329 e. The van der Waals surface area contributed by atoms with Gasteiger partial charge in [-0.15, -0.1) is 0 Å². The molecule has 0 saturated heterocycles. The van der Waals surface area contributed by atoms with Crippen molar-refractivity contribution >= 4 is 10.9 Å². The number of H-pyrrole nitrogens is 1. The second kappa shape index (κ2) is 9.04. The van der Waals surface area contributed by atoms with Gasteiger partial charge in [0.15, 0.2) is 17.7 Å². The number of benzene rings is 2. The number of fused-ring (bicyclic) bond motifs is 1. The molecule has 2 aromatic heterocycles. The Morgan fingerprint density at radius 3 is 2.34 bits per heavy atom. The van der Waals surface area contributed by atoms with Crippen LogP contribution in [0.15, 0.2) is 64.7 Å². The topological polar surface area (TPSA) is 89.9 Å². The van der Waals surface area contributed by atoms with Crippen LogP contribution in [0.1, 0.15) is 5.56 Å². The molecule has 1 N–H and O–H groups in total. The van der Waals surface area contributed by atoms with Crippen LogP contribution in [0.5, 0.6) is 5.75 Å². The molecule has 0 spiro atoms. The number of aromatic nitrogens is 4. The van der Waals surface area contributed by atoms with E-state index in [1.165, 1.54) is 6.33 Å². The minimum absolute atomic E-state index is 0.0408. The summed E-state index contributed by atoms with van der Waals surface area (Å²) in [4.78, 5) is 35.8. The van der Waals surface area contributed by atoms with Crippen LogP contribution in [-0.2, 0) is 6.54 Å². The molecular formula is C22H17F3N4O3. The average molecular weight is 442 g/mol. The van der Waals surface area contributed by atoms with Crippen molar-refractivity contribution in [2.45, 2.75) is 12.6 Å². The quantitative estimate of drug-likeness (QED) is 0.475. The van der Waals surface area contributed by atoms with Crippen molar-refractivity contribution in [1.82, 2.24) is 19.5 Å². The van der Waals surface area contributed by atoms with Gasteiger partial charge in [-0.25, -0.2) is 27.9 Å². The van der Waals surface area contributed by atoms with E-state index >= 15 is 0 Å². The number of nitrogens with zero attached hydrogens (tertiary/aromatic N) is 3. The predicted octanol–water partition coefficient (Wildman–Crippen LogP) is 3.02. The number of aromatic amines is 1. The van der Waals surface area contributed by atoms with Gasteiger partial charge in [0, 0.05) is 24.0 Å². The highest BCUT2D eigenvalue weighted by Crippen LogP contribution is 2.23. The zero-order chi connectivity index (χ0) is 22.7. The molecule has 0 unspecified atom stereocenters. The maximum atomic E-state index is 14.2. The highest BCUT2D eigenvalue weighted by atomic mass is 19.1. The van der Waals surface area contributed by atoms with Crippen LogP contribution >= 0.6 is 0 Å². The second-order valence-corrected chi connectivity index (χ2v) is 7.02. The number of hydrogen-bond donors (Lipinski definition) is 1. The third-order valence-corrected chi connectivity index (χ3v) is 4.86. The second-order valence-electron chi connectivity index (χ2n) is 7.02. The number of alkyl halides is 2. The summed E-state index contributed by atoms with van der Waals surface area (Å²) in [6.07, 6.45) is 3.26. The molecule has 0 aliphatic carbocycles. The number of nitrogens with one attached hydrogen (secondary N) is 1. The molecule has 0 fully saturated rings. The molecule has 0 atom stereocenters. The SMILES string of the molecule is O=c1[nH]c2cc(F)c(OC(CF)CF)cc2c(=O)n1Cc1ccc(-c2cncnc2)cc1. The minimum atomic E-state index is -1.49. The van der Waals surface area contributed by atoms with E-state index in [2.05, 4.69) is 15.0 Å². The molecule has 10 heteroatoms. The Morgan fingerprint density at radius 1 is 1.00 bits per heavy atom. The number of ether oxygens (including phenoxy) is 1. The normalized spacial score (nSPS) is 11.2. The van der Waals surface area contributed by atoms with E-state index in [-0.39, 0.29) is 17.4 Å².